The van der Waals surface area contributed by atoms with Gasteiger partial charge in [0.25, 0.3) is 0 Å². The molecule has 4 heteroatoms. The minimum atomic E-state index is -0.370. The summed E-state index contributed by atoms with van der Waals surface area (Å²) < 4.78 is 12.0. The molecule has 1 saturated carbocycles. The molecule has 1 aliphatic carbocycles. The Morgan fingerprint density at radius 1 is 1.22 bits per heavy atom. The molecule has 0 amide bonds. The average molecular weight is 313 g/mol. The SMILES string of the molecule is COCOC1(c2ccc(Br)cc2)CCC(=O)CC1. The van der Waals surface area contributed by atoms with E-state index in [1.54, 1.807) is 7.11 Å². The number of halogens is 1. The van der Waals surface area contributed by atoms with Crippen molar-refractivity contribution in [3.05, 3.63) is 34.3 Å². The van der Waals surface area contributed by atoms with Crippen LogP contribution in [0.3, 0.4) is 0 Å². The number of carbonyl (C=O) groups is 1. The van der Waals surface area contributed by atoms with E-state index in [1.807, 2.05) is 12.1 Å². The van der Waals surface area contributed by atoms with Crippen molar-refractivity contribution in [2.45, 2.75) is 31.3 Å². The molecule has 0 aromatic heterocycles. The number of ether oxygens (including phenoxy) is 2. The van der Waals surface area contributed by atoms with Gasteiger partial charge < -0.3 is 9.47 Å². The van der Waals surface area contributed by atoms with Gasteiger partial charge >= 0.3 is 0 Å². The Kier molecular flexibility index (Phi) is 4.54. The molecule has 0 spiro atoms. The van der Waals surface area contributed by atoms with Crippen LogP contribution in [0.15, 0.2) is 28.7 Å². The first-order chi connectivity index (χ1) is 8.66. The van der Waals surface area contributed by atoms with Crippen LogP contribution in [0.4, 0.5) is 0 Å². The van der Waals surface area contributed by atoms with Crippen LogP contribution in [-0.4, -0.2) is 19.7 Å². The second-order valence-corrected chi connectivity index (χ2v) is 5.51. The van der Waals surface area contributed by atoms with Crippen molar-refractivity contribution < 1.29 is 14.3 Å². The highest BCUT2D eigenvalue weighted by atomic mass is 79.9. The number of carbonyl (C=O) groups excluding carboxylic acids is 1. The Morgan fingerprint density at radius 2 is 1.83 bits per heavy atom. The molecule has 1 aromatic carbocycles. The van der Waals surface area contributed by atoms with Crippen LogP contribution in [0.25, 0.3) is 0 Å². The summed E-state index contributed by atoms with van der Waals surface area (Å²) in [7, 11) is 1.61. The molecule has 1 aromatic rings. The van der Waals surface area contributed by atoms with E-state index in [0.717, 1.165) is 22.9 Å². The topological polar surface area (TPSA) is 35.5 Å². The molecular formula is C14H17BrO3. The van der Waals surface area contributed by atoms with E-state index < -0.39 is 0 Å². The monoisotopic (exact) mass is 312 g/mol. The minimum Gasteiger partial charge on any atom is -0.359 e. The second-order valence-electron chi connectivity index (χ2n) is 4.59. The maximum Gasteiger partial charge on any atom is 0.147 e. The van der Waals surface area contributed by atoms with Crippen molar-refractivity contribution in [2.75, 3.05) is 13.9 Å². The Hall–Kier alpha value is -0.710. The summed E-state index contributed by atoms with van der Waals surface area (Å²) in [6.45, 7) is 0.254. The third-order valence-corrected chi connectivity index (χ3v) is 3.97. The predicted octanol–water partition coefficient (Wildman–Crippen LogP) is 3.41. The van der Waals surface area contributed by atoms with Crippen molar-refractivity contribution in [1.29, 1.82) is 0 Å². The molecule has 0 unspecified atom stereocenters. The summed E-state index contributed by atoms with van der Waals surface area (Å²) in [5.74, 6) is 0.323. The van der Waals surface area contributed by atoms with Gasteiger partial charge in [0.2, 0.25) is 0 Å². The molecular weight excluding hydrogens is 296 g/mol. The summed E-state index contributed by atoms with van der Waals surface area (Å²) in [6, 6.07) is 8.11. The van der Waals surface area contributed by atoms with Gasteiger partial charge in [0.15, 0.2) is 0 Å². The van der Waals surface area contributed by atoms with Gasteiger partial charge in [-0.25, -0.2) is 0 Å². The van der Waals surface area contributed by atoms with Crippen LogP contribution >= 0.6 is 15.9 Å². The Balaban J connectivity index is 2.23. The fraction of sp³-hybridized carbons (Fsp3) is 0.500. The highest BCUT2D eigenvalue weighted by molar-refractivity contribution is 9.10. The van der Waals surface area contributed by atoms with Crippen molar-refractivity contribution in [2.24, 2.45) is 0 Å². The van der Waals surface area contributed by atoms with Gasteiger partial charge in [0.05, 0.1) is 5.60 Å². The molecule has 0 aliphatic heterocycles. The molecule has 0 radical (unpaired) electrons. The first kappa shape index (κ1) is 13.7. The van der Waals surface area contributed by atoms with Crippen molar-refractivity contribution in [3.63, 3.8) is 0 Å². The van der Waals surface area contributed by atoms with Crippen LogP contribution in [0.2, 0.25) is 0 Å². The summed E-state index contributed by atoms with van der Waals surface area (Å²) in [5.41, 5.74) is 0.750. The average Bonchev–Trinajstić information content (AvgIpc) is 2.40. The van der Waals surface area contributed by atoms with E-state index in [2.05, 4.69) is 28.1 Å². The number of Topliss-reactive ketones (excluding diaryl/α,β-unsaturated/α-hetero) is 1. The van der Waals surface area contributed by atoms with Gasteiger partial charge in [-0.2, -0.15) is 0 Å². The van der Waals surface area contributed by atoms with Crippen LogP contribution in [0, 0.1) is 0 Å². The van der Waals surface area contributed by atoms with Gasteiger partial charge in [-0.3, -0.25) is 4.79 Å². The largest absolute Gasteiger partial charge is 0.359 e. The van der Waals surface area contributed by atoms with Gasteiger partial charge in [-0.1, -0.05) is 28.1 Å². The van der Waals surface area contributed by atoms with Gasteiger partial charge in [-0.05, 0) is 30.5 Å². The first-order valence-electron chi connectivity index (χ1n) is 6.07. The lowest BCUT2D eigenvalue weighted by Gasteiger charge is -2.37. The van der Waals surface area contributed by atoms with E-state index in [-0.39, 0.29) is 12.4 Å². The number of hydrogen-bond acceptors (Lipinski definition) is 3. The lowest BCUT2D eigenvalue weighted by atomic mass is 9.79. The molecule has 0 heterocycles. The number of rotatable bonds is 4. The molecule has 0 N–H and O–H groups in total. The smallest absolute Gasteiger partial charge is 0.147 e. The number of ketones is 1. The Labute approximate surface area is 116 Å². The molecule has 98 valence electrons. The predicted molar refractivity (Wildman–Crippen MR) is 72.3 cm³/mol. The lowest BCUT2D eigenvalue weighted by molar-refractivity contribution is -0.157. The fourth-order valence-electron chi connectivity index (χ4n) is 2.37. The summed E-state index contributed by atoms with van der Waals surface area (Å²) in [4.78, 5) is 11.4. The van der Waals surface area contributed by atoms with E-state index in [9.17, 15) is 4.79 Å². The Bertz CT molecular complexity index is 404. The van der Waals surface area contributed by atoms with Gasteiger partial charge in [0, 0.05) is 24.4 Å². The summed E-state index contributed by atoms with van der Waals surface area (Å²) >= 11 is 3.43. The maximum atomic E-state index is 11.4. The zero-order chi connectivity index (χ0) is 13.0. The van der Waals surface area contributed by atoms with Crippen molar-refractivity contribution in [1.82, 2.24) is 0 Å². The van der Waals surface area contributed by atoms with Crippen LogP contribution in [0.5, 0.6) is 0 Å². The fourth-order valence-corrected chi connectivity index (χ4v) is 2.64. The standard InChI is InChI=1S/C14H17BrO3/c1-17-10-18-14(8-6-13(16)7-9-14)11-2-4-12(15)5-3-11/h2-5H,6-10H2,1H3. The molecule has 0 saturated heterocycles. The van der Waals surface area contributed by atoms with Crippen molar-refractivity contribution >= 4 is 21.7 Å². The quantitative estimate of drug-likeness (QED) is 0.799. The van der Waals surface area contributed by atoms with Gasteiger partial charge in [0.1, 0.15) is 12.6 Å². The summed E-state index contributed by atoms with van der Waals surface area (Å²) in [6.07, 6.45) is 2.63. The van der Waals surface area contributed by atoms with Crippen LogP contribution in [-0.2, 0) is 19.9 Å². The maximum absolute atomic E-state index is 11.4. The Morgan fingerprint density at radius 3 is 2.39 bits per heavy atom. The van der Waals surface area contributed by atoms with E-state index >= 15 is 0 Å². The molecule has 3 nitrogen and oxygen atoms in total. The van der Waals surface area contributed by atoms with E-state index in [4.69, 9.17) is 9.47 Å². The van der Waals surface area contributed by atoms with Crippen molar-refractivity contribution in [3.8, 4) is 0 Å². The summed E-state index contributed by atoms with van der Waals surface area (Å²) in [5, 5.41) is 0. The van der Waals surface area contributed by atoms with E-state index in [1.165, 1.54) is 0 Å². The number of benzene rings is 1. The zero-order valence-corrected chi connectivity index (χ0v) is 12.0. The molecule has 2 rings (SSSR count). The molecule has 1 aliphatic rings. The second kappa shape index (κ2) is 5.95. The third kappa shape index (κ3) is 2.99. The molecule has 1 fully saturated rings. The number of methoxy groups -OCH3 is 1. The van der Waals surface area contributed by atoms with Crippen LogP contribution in [0.1, 0.15) is 31.2 Å². The number of hydrogen-bond donors (Lipinski definition) is 0. The van der Waals surface area contributed by atoms with E-state index in [0.29, 0.717) is 18.6 Å². The first-order valence-corrected chi connectivity index (χ1v) is 6.86. The zero-order valence-electron chi connectivity index (χ0n) is 10.4. The lowest BCUT2D eigenvalue weighted by Crippen LogP contribution is -2.35. The molecule has 18 heavy (non-hydrogen) atoms. The molecule has 0 atom stereocenters. The normalized spacial score (nSPS) is 18.9. The third-order valence-electron chi connectivity index (χ3n) is 3.44. The highest BCUT2D eigenvalue weighted by Crippen LogP contribution is 2.39. The minimum absolute atomic E-state index is 0.254. The molecule has 0 bridgehead atoms. The highest BCUT2D eigenvalue weighted by Gasteiger charge is 2.37. The van der Waals surface area contributed by atoms with Crippen LogP contribution < -0.4 is 0 Å². The van der Waals surface area contributed by atoms with Gasteiger partial charge in [-0.15, -0.1) is 0 Å².